The van der Waals surface area contributed by atoms with E-state index in [1.165, 1.54) is 25.7 Å². The van der Waals surface area contributed by atoms with Crippen molar-refractivity contribution in [1.29, 1.82) is 0 Å². The normalized spacial score (nSPS) is 10.7. The van der Waals surface area contributed by atoms with Gasteiger partial charge in [-0.2, -0.15) is 0 Å². The summed E-state index contributed by atoms with van der Waals surface area (Å²) in [4.78, 5) is 0. The number of hydrogen-bond acceptors (Lipinski definition) is 0. The molecule has 0 aliphatic carbocycles. The number of alkyl halides is 1. The van der Waals surface area contributed by atoms with Crippen molar-refractivity contribution in [3.8, 4) is 0 Å². The first-order valence-electron chi connectivity index (χ1n) is 3.66. The van der Waals surface area contributed by atoms with Gasteiger partial charge in [-0.25, -0.2) is 0 Å². The van der Waals surface area contributed by atoms with Gasteiger partial charge in [0.05, 0.1) is 0 Å². The molecule has 0 aliphatic rings. The Bertz CT molecular complexity index is 50.5. The van der Waals surface area contributed by atoms with Crippen LogP contribution in [0.5, 0.6) is 0 Å². The molecule has 0 heterocycles. The second kappa shape index (κ2) is 6.60. The van der Waals surface area contributed by atoms with Gasteiger partial charge >= 0.3 is 0 Å². The Morgan fingerprint density at radius 1 is 1.33 bits per heavy atom. The summed E-state index contributed by atoms with van der Waals surface area (Å²) in [6.45, 7) is 6.10. The second-order valence-corrected chi connectivity index (χ2v) is 3.44. The van der Waals surface area contributed by atoms with E-state index < -0.39 is 0 Å². The number of unbranched alkanes of at least 4 members (excludes halogenated alkanes) is 2. The molecule has 9 heavy (non-hydrogen) atoms. The Morgan fingerprint density at radius 2 is 2.00 bits per heavy atom. The first-order valence-corrected chi connectivity index (χ1v) is 4.78. The summed E-state index contributed by atoms with van der Waals surface area (Å²) in [6.07, 6.45) is 5.29. The Balaban J connectivity index is 2.75. The molecular weight excluding hydrogens is 176 g/mol. The maximum Gasteiger partial charge on any atom is 0.00313 e. The first kappa shape index (κ1) is 9.48. The highest BCUT2D eigenvalue weighted by molar-refractivity contribution is 9.09. The van der Waals surface area contributed by atoms with Gasteiger partial charge in [0, 0.05) is 5.33 Å². The van der Waals surface area contributed by atoms with Crippen LogP contribution in [0.25, 0.3) is 0 Å². The SMILES string of the molecule is [CH2]C(C)CCCCCBr. The smallest absolute Gasteiger partial charge is 0.00313 e. The van der Waals surface area contributed by atoms with Crippen molar-refractivity contribution < 1.29 is 0 Å². The second-order valence-electron chi connectivity index (χ2n) is 2.64. The Labute approximate surface area is 67.2 Å². The van der Waals surface area contributed by atoms with E-state index in [1.807, 2.05) is 0 Å². The predicted octanol–water partition coefficient (Wildman–Crippen LogP) is 3.41. The van der Waals surface area contributed by atoms with Crippen molar-refractivity contribution in [2.45, 2.75) is 32.6 Å². The average Bonchev–Trinajstić information content (AvgIpc) is 1.80. The molecule has 0 spiro atoms. The Kier molecular flexibility index (Phi) is 6.95. The van der Waals surface area contributed by atoms with Gasteiger partial charge in [-0.05, 0) is 12.3 Å². The minimum absolute atomic E-state index is 0.639. The molecular formula is C8H16Br. The van der Waals surface area contributed by atoms with E-state index >= 15 is 0 Å². The van der Waals surface area contributed by atoms with E-state index in [4.69, 9.17) is 0 Å². The molecule has 0 aliphatic heterocycles. The lowest BCUT2D eigenvalue weighted by Gasteiger charge is -2.01. The number of hydrogen-bond donors (Lipinski definition) is 0. The molecule has 0 fully saturated rings. The summed E-state index contributed by atoms with van der Waals surface area (Å²) >= 11 is 3.40. The zero-order chi connectivity index (χ0) is 7.11. The van der Waals surface area contributed by atoms with Crippen molar-refractivity contribution in [1.82, 2.24) is 0 Å². The molecule has 0 saturated carbocycles. The van der Waals surface area contributed by atoms with Crippen LogP contribution < -0.4 is 0 Å². The molecule has 0 saturated heterocycles. The lowest BCUT2D eigenvalue weighted by atomic mass is 10.1. The van der Waals surface area contributed by atoms with Crippen molar-refractivity contribution in [3.05, 3.63) is 6.92 Å². The third kappa shape index (κ3) is 8.48. The van der Waals surface area contributed by atoms with Crippen LogP contribution in [0.15, 0.2) is 0 Å². The van der Waals surface area contributed by atoms with Gasteiger partial charge in [0.15, 0.2) is 0 Å². The topological polar surface area (TPSA) is 0 Å². The van der Waals surface area contributed by atoms with Crippen LogP contribution >= 0.6 is 15.9 Å². The highest BCUT2D eigenvalue weighted by Crippen LogP contribution is 2.07. The molecule has 0 aromatic rings. The molecule has 1 heteroatoms. The fourth-order valence-corrected chi connectivity index (χ4v) is 1.16. The molecule has 0 nitrogen and oxygen atoms in total. The van der Waals surface area contributed by atoms with Gasteiger partial charge in [-0.3, -0.25) is 0 Å². The summed E-state index contributed by atoms with van der Waals surface area (Å²) in [5.41, 5.74) is 0. The largest absolute Gasteiger partial charge is 0.0928 e. The molecule has 0 rings (SSSR count). The molecule has 55 valence electrons. The standard InChI is InChI=1S/C8H16Br/c1-8(2)6-4-3-5-7-9/h8H,1,3-7H2,2H3. The summed E-state index contributed by atoms with van der Waals surface area (Å²) < 4.78 is 0. The van der Waals surface area contributed by atoms with Gasteiger partial charge in [0.25, 0.3) is 0 Å². The minimum Gasteiger partial charge on any atom is -0.0928 e. The lowest BCUT2D eigenvalue weighted by molar-refractivity contribution is 0.575. The maximum absolute atomic E-state index is 3.92. The van der Waals surface area contributed by atoms with E-state index in [9.17, 15) is 0 Å². The quantitative estimate of drug-likeness (QED) is 0.462. The number of rotatable bonds is 5. The third-order valence-corrected chi connectivity index (χ3v) is 1.89. The van der Waals surface area contributed by atoms with Crippen LogP contribution in [0.4, 0.5) is 0 Å². The summed E-state index contributed by atoms with van der Waals surface area (Å²) in [7, 11) is 0. The first-order chi connectivity index (χ1) is 4.27. The van der Waals surface area contributed by atoms with E-state index in [1.54, 1.807) is 0 Å². The van der Waals surface area contributed by atoms with Crippen LogP contribution in [-0.2, 0) is 0 Å². The van der Waals surface area contributed by atoms with Crippen LogP contribution in [-0.4, -0.2) is 5.33 Å². The van der Waals surface area contributed by atoms with Gasteiger partial charge in [-0.15, -0.1) is 0 Å². The monoisotopic (exact) mass is 191 g/mol. The van der Waals surface area contributed by atoms with Crippen LogP contribution in [0, 0.1) is 12.8 Å². The fourth-order valence-electron chi connectivity index (χ4n) is 0.764. The van der Waals surface area contributed by atoms with Gasteiger partial charge in [-0.1, -0.05) is 49.0 Å². The molecule has 0 N–H and O–H groups in total. The van der Waals surface area contributed by atoms with E-state index in [2.05, 4.69) is 29.8 Å². The minimum atomic E-state index is 0.639. The van der Waals surface area contributed by atoms with E-state index in [-0.39, 0.29) is 0 Å². The van der Waals surface area contributed by atoms with Crippen LogP contribution in [0.1, 0.15) is 32.6 Å². The van der Waals surface area contributed by atoms with Crippen molar-refractivity contribution in [2.75, 3.05) is 5.33 Å². The summed E-state index contributed by atoms with van der Waals surface area (Å²) in [6, 6.07) is 0. The van der Waals surface area contributed by atoms with Crippen LogP contribution in [0.3, 0.4) is 0 Å². The van der Waals surface area contributed by atoms with Crippen molar-refractivity contribution in [2.24, 2.45) is 5.92 Å². The molecule has 0 aromatic heterocycles. The molecule has 1 radical (unpaired) electrons. The fraction of sp³-hybridized carbons (Fsp3) is 0.875. The average molecular weight is 192 g/mol. The van der Waals surface area contributed by atoms with Crippen molar-refractivity contribution in [3.63, 3.8) is 0 Å². The van der Waals surface area contributed by atoms with Gasteiger partial charge in [0.2, 0.25) is 0 Å². The van der Waals surface area contributed by atoms with E-state index in [0.717, 1.165) is 5.33 Å². The summed E-state index contributed by atoms with van der Waals surface area (Å²) in [5.74, 6) is 0.639. The zero-order valence-corrected chi connectivity index (χ0v) is 7.78. The predicted molar refractivity (Wildman–Crippen MR) is 46.8 cm³/mol. The molecule has 1 unspecified atom stereocenters. The van der Waals surface area contributed by atoms with Crippen LogP contribution in [0.2, 0.25) is 0 Å². The molecule has 0 amide bonds. The maximum atomic E-state index is 3.92. The Morgan fingerprint density at radius 3 is 2.44 bits per heavy atom. The highest BCUT2D eigenvalue weighted by atomic mass is 79.9. The van der Waals surface area contributed by atoms with E-state index in [0.29, 0.717) is 5.92 Å². The highest BCUT2D eigenvalue weighted by Gasteiger charge is 1.92. The zero-order valence-electron chi connectivity index (χ0n) is 6.20. The van der Waals surface area contributed by atoms with Gasteiger partial charge < -0.3 is 0 Å². The molecule has 0 aromatic carbocycles. The lowest BCUT2D eigenvalue weighted by Crippen LogP contribution is -1.87. The Hall–Kier alpha value is 0.480. The number of halogens is 1. The van der Waals surface area contributed by atoms with Gasteiger partial charge in [0.1, 0.15) is 0 Å². The third-order valence-electron chi connectivity index (χ3n) is 1.33. The molecule has 1 atom stereocenters. The molecule has 0 bridgehead atoms. The van der Waals surface area contributed by atoms with Crippen molar-refractivity contribution >= 4 is 15.9 Å². The summed E-state index contributed by atoms with van der Waals surface area (Å²) in [5, 5.41) is 1.15.